The lowest BCUT2D eigenvalue weighted by Gasteiger charge is -2.41. The van der Waals surface area contributed by atoms with E-state index in [2.05, 4.69) is 4.74 Å². The van der Waals surface area contributed by atoms with Crippen molar-refractivity contribution in [1.29, 1.82) is 0 Å². The van der Waals surface area contributed by atoms with Gasteiger partial charge in [0.25, 0.3) is 0 Å². The van der Waals surface area contributed by atoms with E-state index in [4.69, 9.17) is 10.5 Å². The minimum absolute atomic E-state index is 0.138. The van der Waals surface area contributed by atoms with Gasteiger partial charge in [0.05, 0.1) is 13.2 Å². The summed E-state index contributed by atoms with van der Waals surface area (Å²) in [6.45, 7) is 2.59. The Labute approximate surface area is 72.0 Å². The molecule has 0 radical (unpaired) electrons. The van der Waals surface area contributed by atoms with E-state index in [0.717, 1.165) is 0 Å². The number of methoxy groups -OCH3 is 1. The zero-order valence-electron chi connectivity index (χ0n) is 7.50. The Balaban J connectivity index is 2.34. The summed E-state index contributed by atoms with van der Waals surface area (Å²) in [5.74, 6) is -0.335. The van der Waals surface area contributed by atoms with Crippen molar-refractivity contribution < 1.29 is 14.3 Å². The topological polar surface area (TPSA) is 61.5 Å². The van der Waals surface area contributed by atoms with Crippen LogP contribution in [0, 0.1) is 0 Å². The molecule has 1 aliphatic rings. The molecule has 1 fully saturated rings. The summed E-state index contributed by atoms with van der Waals surface area (Å²) in [7, 11) is 1.35. The number of ether oxygens (including phenoxy) is 2. The normalized spacial score (nSPS) is 34.1. The molecule has 0 atom stereocenters. The second kappa shape index (κ2) is 3.41. The number of carbonyl (C=O) groups excluding carboxylic acids is 1. The molecule has 0 bridgehead atoms. The number of carbonyl (C=O) groups is 1. The lowest BCUT2D eigenvalue weighted by atomic mass is 9.75. The predicted molar refractivity (Wildman–Crippen MR) is 43.6 cm³/mol. The highest BCUT2D eigenvalue weighted by atomic mass is 16.5. The summed E-state index contributed by atoms with van der Waals surface area (Å²) < 4.78 is 9.84. The van der Waals surface area contributed by atoms with Gasteiger partial charge in [0.15, 0.2) is 0 Å². The van der Waals surface area contributed by atoms with Gasteiger partial charge in [0.2, 0.25) is 0 Å². The van der Waals surface area contributed by atoms with Crippen LogP contribution in [-0.4, -0.2) is 31.3 Å². The number of nitrogens with two attached hydrogens (primary N) is 1. The van der Waals surface area contributed by atoms with Gasteiger partial charge < -0.3 is 15.2 Å². The highest BCUT2D eigenvalue weighted by Gasteiger charge is 2.48. The third-order valence-electron chi connectivity index (χ3n) is 2.18. The van der Waals surface area contributed by atoms with Crippen molar-refractivity contribution in [3.05, 3.63) is 0 Å². The Morgan fingerprint density at radius 2 is 2.25 bits per heavy atom. The molecule has 0 aromatic heterocycles. The predicted octanol–water partition coefficient (Wildman–Crippen LogP) is 0.0558. The van der Waals surface area contributed by atoms with E-state index in [1.54, 1.807) is 0 Å². The van der Waals surface area contributed by atoms with Gasteiger partial charge in [-0.3, -0.25) is 4.79 Å². The largest absolute Gasteiger partial charge is 0.468 e. The van der Waals surface area contributed by atoms with Crippen LogP contribution in [0.25, 0.3) is 0 Å². The summed E-state index contributed by atoms with van der Waals surface area (Å²) in [5.41, 5.74) is 4.94. The Morgan fingerprint density at radius 1 is 1.67 bits per heavy atom. The van der Waals surface area contributed by atoms with Gasteiger partial charge >= 0.3 is 5.97 Å². The summed E-state index contributed by atoms with van der Waals surface area (Å²) in [6, 6.07) is 0. The van der Waals surface area contributed by atoms with Crippen LogP contribution in [0.1, 0.15) is 19.8 Å². The highest BCUT2D eigenvalue weighted by Crippen LogP contribution is 2.33. The van der Waals surface area contributed by atoms with E-state index < -0.39 is 5.54 Å². The first-order valence-electron chi connectivity index (χ1n) is 4.11. The average molecular weight is 173 g/mol. The van der Waals surface area contributed by atoms with Crippen LogP contribution in [0.5, 0.6) is 0 Å². The molecule has 0 aromatic carbocycles. The van der Waals surface area contributed by atoms with E-state index >= 15 is 0 Å². The zero-order valence-corrected chi connectivity index (χ0v) is 7.50. The Morgan fingerprint density at radius 3 is 2.67 bits per heavy atom. The fraction of sp³-hybridized carbons (Fsp3) is 0.875. The maximum Gasteiger partial charge on any atom is 0.326 e. The molecule has 1 saturated carbocycles. The monoisotopic (exact) mass is 173 g/mol. The molecule has 0 saturated heterocycles. The van der Waals surface area contributed by atoms with Gasteiger partial charge in [0.1, 0.15) is 5.54 Å². The molecule has 0 amide bonds. The maximum absolute atomic E-state index is 11.1. The van der Waals surface area contributed by atoms with Gasteiger partial charge in [0, 0.05) is 19.4 Å². The van der Waals surface area contributed by atoms with Gasteiger partial charge in [-0.1, -0.05) is 0 Å². The second-order valence-corrected chi connectivity index (χ2v) is 3.13. The summed E-state index contributed by atoms with van der Waals surface area (Å²) in [4.78, 5) is 11.1. The van der Waals surface area contributed by atoms with Crippen molar-refractivity contribution in [1.82, 2.24) is 0 Å². The number of hydrogen-bond donors (Lipinski definition) is 1. The van der Waals surface area contributed by atoms with Gasteiger partial charge in [-0.25, -0.2) is 0 Å². The number of esters is 1. The molecule has 4 nitrogen and oxygen atoms in total. The first-order valence-corrected chi connectivity index (χ1v) is 4.11. The van der Waals surface area contributed by atoms with Crippen LogP contribution >= 0.6 is 0 Å². The van der Waals surface area contributed by atoms with Crippen molar-refractivity contribution >= 4 is 5.97 Å². The molecule has 4 heteroatoms. The maximum atomic E-state index is 11.1. The molecular weight excluding hydrogens is 158 g/mol. The van der Waals surface area contributed by atoms with E-state index in [0.29, 0.717) is 19.4 Å². The smallest absolute Gasteiger partial charge is 0.326 e. The van der Waals surface area contributed by atoms with Crippen molar-refractivity contribution in [2.75, 3.05) is 13.7 Å². The fourth-order valence-corrected chi connectivity index (χ4v) is 1.48. The second-order valence-electron chi connectivity index (χ2n) is 3.13. The van der Waals surface area contributed by atoms with Crippen LogP contribution in [-0.2, 0) is 14.3 Å². The molecule has 0 aromatic rings. The van der Waals surface area contributed by atoms with Crippen molar-refractivity contribution in [2.45, 2.75) is 31.4 Å². The van der Waals surface area contributed by atoms with E-state index in [1.165, 1.54) is 7.11 Å². The van der Waals surface area contributed by atoms with Crippen molar-refractivity contribution in [3.8, 4) is 0 Å². The average Bonchev–Trinajstić information content (AvgIpc) is 2.00. The number of hydrogen-bond acceptors (Lipinski definition) is 4. The molecule has 0 spiro atoms. The van der Waals surface area contributed by atoms with E-state index in [1.807, 2.05) is 6.92 Å². The van der Waals surface area contributed by atoms with Crippen molar-refractivity contribution in [2.24, 2.45) is 5.73 Å². The minimum Gasteiger partial charge on any atom is -0.468 e. The number of rotatable bonds is 3. The third-order valence-corrected chi connectivity index (χ3v) is 2.18. The van der Waals surface area contributed by atoms with E-state index in [9.17, 15) is 4.79 Å². The van der Waals surface area contributed by atoms with Crippen LogP contribution < -0.4 is 5.73 Å². The standard InChI is InChI=1S/C8H15NO3/c1-3-12-6-4-8(9,5-6)7(10)11-2/h6H,3-5,9H2,1-2H3. The third kappa shape index (κ3) is 1.59. The highest BCUT2D eigenvalue weighted by molar-refractivity contribution is 5.81. The quantitative estimate of drug-likeness (QED) is 0.613. The first kappa shape index (κ1) is 9.48. The van der Waals surface area contributed by atoms with Crippen LogP contribution in [0.15, 0.2) is 0 Å². The first-order chi connectivity index (χ1) is 5.62. The Hall–Kier alpha value is -0.610. The van der Waals surface area contributed by atoms with Gasteiger partial charge in [-0.05, 0) is 6.92 Å². The molecular formula is C8H15NO3. The molecule has 70 valence electrons. The lowest BCUT2D eigenvalue weighted by Crippen LogP contribution is -2.61. The molecule has 2 N–H and O–H groups in total. The molecule has 1 aliphatic carbocycles. The SMILES string of the molecule is CCOC1CC(N)(C(=O)OC)C1. The molecule has 1 rings (SSSR count). The summed E-state index contributed by atoms with van der Waals surface area (Å²) >= 11 is 0. The zero-order chi connectivity index (χ0) is 9.19. The van der Waals surface area contributed by atoms with Crippen LogP contribution in [0.3, 0.4) is 0 Å². The fourth-order valence-electron chi connectivity index (χ4n) is 1.48. The minimum atomic E-state index is -0.783. The molecule has 0 aliphatic heterocycles. The molecule has 0 heterocycles. The molecule has 0 unspecified atom stereocenters. The Bertz CT molecular complexity index is 175. The Kier molecular flexibility index (Phi) is 2.69. The van der Waals surface area contributed by atoms with Crippen LogP contribution in [0.2, 0.25) is 0 Å². The van der Waals surface area contributed by atoms with Gasteiger partial charge in [-0.2, -0.15) is 0 Å². The summed E-state index contributed by atoms with van der Waals surface area (Å²) in [5, 5.41) is 0. The lowest BCUT2D eigenvalue weighted by molar-refractivity contribution is -0.157. The van der Waals surface area contributed by atoms with E-state index in [-0.39, 0.29) is 12.1 Å². The van der Waals surface area contributed by atoms with Crippen molar-refractivity contribution in [3.63, 3.8) is 0 Å². The van der Waals surface area contributed by atoms with Crippen LogP contribution in [0.4, 0.5) is 0 Å². The summed E-state index contributed by atoms with van der Waals surface area (Å²) in [6.07, 6.45) is 1.29. The molecule has 12 heavy (non-hydrogen) atoms. The van der Waals surface area contributed by atoms with Gasteiger partial charge in [-0.15, -0.1) is 0 Å².